The number of phenolic OH excluding ortho intramolecular Hbond substituents is 1. The van der Waals surface area contributed by atoms with Gasteiger partial charge in [-0.15, -0.1) is 0 Å². The fourth-order valence-corrected chi connectivity index (χ4v) is 6.59. The predicted octanol–water partition coefficient (Wildman–Crippen LogP) is 5.40. The molecule has 3 unspecified atom stereocenters. The first kappa shape index (κ1) is 37.6. The second kappa shape index (κ2) is 18.1. The predicted molar refractivity (Wildman–Crippen MR) is 203 cm³/mol. The highest BCUT2D eigenvalue weighted by molar-refractivity contribution is 5.98. The Balaban J connectivity index is 1.26. The summed E-state index contributed by atoms with van der Waals surface area (Å²) in [6.07, 6.45) is 2.24. The number of carbonyl (C=O) groups excluding carboxylic acids is 3. The molecule has 0 aliphatic carbocycles. The van der Waals surface area contributed by atoms with Crippen molar-refractivity contribution < 1.29 is 24.2 Å². The smallest absolute Gasteiger partial charge is 0.246 e. The fourth-order valence-electron chi connectivity index (χ4n) is 6.59. The summed E-state index contributed by atoms with van der Waals surface area (Å²) in [4.78, 5) is 43.4. The number of aromatic hydroxyl groups is 1. The second-order valence-corrected chi connectivity index (χ2v) is 13.4. The van der Waals surface area contributed by atoms with Crippen molar-refractivity contribution in [2.45, 2.75) is 77.2 Å². The average molecular weight is 704 g/mol. The molecule has 52 heavy (non-hydrogen) atoms. The summed E-state index contributed by atoms with van der Waals surface area (Å²) < 4.78 is 5.72. The van der Waals surface area contributed by atoms with Crippen molar-refractivity contribution in [2.24, 2.45) is 5.73 Å². The normalized spacial score (nSPS) is 14.8. The number of fused-ring (bicyclic) bond motifs is 1. The van der Waals surface area contributed by atoms with Gasteiger partial charge in [0.2, 0.25) is 17.7 Å². The number of benzene rings is 4. The summed E-state index contributed by atoms with van der Waals surface area (Å²) in [6, 6.07) is 27.3. The van der Waals surface area contributed by atoms with Crippen molar-refractivity contribution >= 4 is 23.4 Å². The number of para-hydroxylation sites is 1. The summed E-state index contributed by atoms with van der Waals surface area (Å²) >= 11 is 0. The number of nitrogens with two attached hydrogens (primary N) is 1. The summed E-state index contributed by atoms with van der Waals surface area (Å²) in [5.74, 6) is -0.490. The Hall–Kier alpha value is -5.61. The third-order valence-corrected chi connectivity index (χ3v) is 9.43. The quantitative estimate of drug-likeness (QED) is 0.0776. The van der Waals surface area contributed by atoms with Crippen LogP contribution in [0.1, 0.15) is 52.6 Å². The number of rotatable bonds is 16. The van der Waals surface area contributed by atoms with Gasteiger partial charge in [-0.05, 0) is 104 Å². The molecule has 5 rings (SSSR count). The summed E-state index contributed by atoms with van der Waals surface area (Å²) in [6.45, 7) is 8.90. The van der Waals surface area contributed by atoms with Gasteiger partial charge in [0.15, 0.2) is 5.88 Å². The van der Waals surface area contributed by atoms with Gasteiger partial charge >= 0.3 is 0 Å². The minimum atomic E-state index is -0.918. The Kier molecular flexibility index (Phi) is 13.1. The maximum absolute atomic E-state index is 14.2. The molecule has 0 saturated heterocycles. The van der Waals surface area contributed by atoms with Gasteiger partial charge in [-0.3, -0.25) is 14.4 Å². The van der Waals surface area contributed by atoms with Crippen LogP contribution < -0.4 is 21.7 Å². The number of unbranched alkanes of at least 4 members (excludes halogenated alkanes) is 1. The van der Waals surface area contributed by atoms with Gasteiger partial charge in [0.25, 0.3) is 0 Å². The average Bonchev–Trinajstić information content (AvgIpc) is 3.14. The van der Waals surface area contributed by atoms with Gasteiger partial charge in [0.1, 0.15) is 24.4 Å². The van der Waals surface area contributed by atoms with E-state index in [1.54, 1.807) is 29.2 Å². The lowest BCUT2D eigenvalue weighted by molar-refractivity contribution is -0.143. The van der Waals surface area contributed by atoms with Gasteiger partial charge in [-0.2, -0.15) is 0 Å². The Morgan fingerprint density at radius 1 is 0.923 bits per heavy atom. The molecular weight excluding hydrogens is 654 g/mol. The van der Waals surface area contributed by atoms with Crippen molar-refractivity contribution in [2.75, 3.05) is 11.9 Å². The van der Waals surface area contributed by atoms with E-state index in [0.717, 1.165) is 33.4 Å². The third-order valence-electron chi connectivity index (χ3n) is 9.43. The number of carbonyl (C=O) groups is 3. The summed E-state index contributed by atoms with van der Waals surface area (Å²) in [5.41, 5.74) is 12.7. The van der Waals surface area contributed by atoms with Crippen molar-refractivity contribution in [3.63, 3.8) is 0 Å². The molecule has 3 amide bonds. The van der Waals surface area contributed by atoms with Crippen LogP contribution >= 0.6 is 0 Å². The number of nitrogens with zero attached hydrogens (tertiary/aromatic N) is 1. The SMILES string of the molecule is C=C(NCCCCC(NC(=O)C1Cc2ccccc2CN1C(=O)C(N)Cc1c(C)cc(O)cc1C)C(=O)Nc1ccccc1)OCc1ccccc1. The lowest BCUT2D eigenvalue weighted by Gasteiger charge is -2.38. The fraction of sp³-hybridized carbons (Fsp3) is 0.310. The largest absolute Gasteiger partial charge is 0.508 e. The molecule has 4 aromatic carbocycles. The monoisotopic (exact) mass is 703 g/mol. The van der Waals surface area contributed by atoms with E-state index in [1.807, 2.05) is 86.6 Å². The van der Waals surface area contributed by atoms with Crippen LogP contribution in [0, 0.1) is 13.8 Å². The van der Waals surface area contributed by atoms with E-state index in [2.05, 4.69) is 22.5 Å². The van der Waals surface area contributed by atoms with Crippen LogP contribution in [0.2, 0.25) is 0 Å². The minimum absolute atomic E-state index is 0.156. The van der Waals surface area contributed by atoms with Gasteiger partial charge < -0.3 is 36.4 Å². The maximum Gasteiger partial charge on any atom is 0.246 e. The van der Waals surface area contributed by atoms with Gasteiger partial charge in [-0.1, -0.05) is 72.8 Å². The molecule has 1 aliphatic heterocycles. The number of ether oxygens (including phenoxy) is 1. The summed E-state index contributed by atoms with van der Waals surface area (Å²) in [5, 5.41) is 19.1. The van der Waals surface area contributed by atoms with E-state index in [0.29, 0.717) is 50.4 Å². The van der Waals surface area contributed by atoms with Crippen LogP contribution in [0.3, 0.4) is 0 Å². The Morgan fingerprint density at radius 3 is 2.25 bits per heavy atom. The molecule has 10 nitrogen and oxygen atoms in total. The Morgan fingerprint density at radius 2 is 1.56 bits per heavy atom. The van der Waals surface area contributed by atoms with Crippen LogP contribution in [0.25, 0.3) is 0 Å². The second-order valence-electron chi connectivity index (χ2n) is 13.4. The molecule has 10 heteroatoms. The highest BCUT2D eigenvalue weighted by Crippen LogP contribution is 2.27. The lowest BCUT2D eigenvalue weighted by Crippen LogP contribution is -2.58. The third kappa shape index (κ3) is 10.2. The first-order valence-corrected chi connectivity index (χ1v) is 17.8. The number of aryl methyl sites for hydroxylation is 2. The highest BCUT2D eigenvalue weighted by Gasteiger charge is 2.38. The number of nitrogens with one attached hydrogen (secondary N) is 3. The molecule has 0 bridgehead atoms. The van der Waals surface area contributed by atoms with Crippen LogP contribution in [0.15, 0.2) is 110 Å². The van der Waals surface area contributed by atoms with E-state index < -0.39 is 24.0 Å². The first-order valence-electron chi connectivity index (χ1n) is 17.8. The van der Waals surface area contributed by atoms with E-state index in [4.69, 9.17) is 10.5 Å². The minimum Gasteiger partial charge on any atom is -0.508 e. The molecule has 0 fully saturated rings. The number of hydrogen-bond donors (Lipinski definition) is 5. The lowest BCUT2D eigenvalue weighted by atomic mass is 9.91. The Labute approximate surface area is 306 Å². The van der Waals surface area contributed by atoms with Crippen LogP contribution in [0.4, 0.5) is 5.69 Å². The molecule has 0 aromatic heterocycles. The highest BCUT2D eigenvalue weighted by atomic mass is 16.5. The number of amides is 3. The van der Waals surface area contributed by atoms with Crippen LogP contribution in [-0.4, -0.2) is 52.4 Å². The van der Waals surface area contributed by atoms with Crippen LogP contribution in [-0.2, 0) is 45.1 Å². The molecule has 1 heterocycles. The number of hydrogen-bond acceptors (Lipinski definition) is 7. The number of phenols is 1. The first-order chi connectivity index (χ1) is 25.1. The standard InChI is InChI=1S/C42H49N5O5/c1-28-22-35(48)23-29(2)36(28)25-37(43)42(51)47-26-33-17-11-10-16-32(33)24-39(47)41(50)46-38(40(49)45-34-18-8-5-9-19-34)20-12-13-21-44-30(3)52-27-31-14-6-4-7-15-31/h4-11,14-19,22-23,37-39,44,48H,3,12-13,20-21,24-27,43H2,1-2H3,(H,45,49)(H,46,50). The molecule has 4 aromatic rings. The van der Waals surface area contributed by atoms with E-state index in [1.165, 1.54) is 0 Å². The van der Waals surface area contributed by atoms with Crippen molar-refractivity contribution in [3.05, 3.63) is 143 Å². The Bertz CT molecular complexity index is 1830. The summed E-state index contributed by atoms with van der Waals surface area (Å²) in [7, 11) is 0. The molecule has 0 saturated carbocycles. The topological polar surface area (TPSA) is 146 Å². The molecule has 6 N–H and O–H groups in total. The van der Waals surface area contributed by atoms with Crippen molar-refractivity contribution in [3.8, 4) is 5.75 Å². The molecule has 0 radical (unpaired) electrons. The van der Waals surface area contributed by atoms with Gasteiger partial charge in [0, 0.05) is 25.2 Å². The number of anilines is 1. The molecular formula is C42H49N5O5. The van der Waals surface area contributed by atoms with Crippen molar-refractivity contribution in [1.29, 1.82) is 0 Å². The van der Waals surface area contributed by atoms with E-state index in [-0.39, 0.29) is 30.5 Å². The van der Waals surface area contributed by atoms with Gasteiger partial charge in [0.05, 0.1) is 6.04 Å². The molecule has 272 valence electrons. The van der Waals surface area contributed by atoms with Gasteiger partial charge in [-0.25, -0.2) is 0 Å². The molecule has 0 spiro atoms. The molecule has 3 atom stereocenters. The maximum atomic E-state index is 14.2. The van der Waals surface area contributed by atoms with Crippen molar-refractivity contribution in [1.82, 2.24) is 15.5 Å². The van der Waals surface area contributed by atoms with E-state index in [9.17, 15) is 19.5 Å². The molecule has 1 aliphatic rings. The zero-order valence-corrected chi connectivity index (χ0v) is 29.9. The zero-order valence-electron chi connectivity index (χ0n) is 29.9. The van der Waals surface area contributed by atoms with E-state index >= 15 is 0 Å². The van der Waals surface area contributed by atoms with Crippen LogP contribution in [0.5, 0.6) is 5.75 Å². The zero-order chi connectivity index (χ0) is 37.0.